The van der Waals surface area contributed by atoms with Crippen molar-refractivity contribution in [3.05, 3.63) is 167 Å². The molecule has 0 unspecified atom stereocenters. The van der Waals surface area contributed by atoms with E-state index in [2.05, 4.69) is 18.2 Å². The maximum absolute atomic E-state index is 15.1. The van der Waals surface area contributed by atoms with Crippen molar-refractivity contribution in [1.82, 2.24) is 9.13 Å². The van der Waals surface area contributed by atoms with E-state index >= 15 is 26.3 Å². The summed E-state index contributed by atoms with van der Waals surface area (Å²) in [6.45, 7) is 0. The summed E-state index contributed by atoms with van der Waals surface area (Å²) in [5.74, 6) is 0. The lowest BCUT2D eigenvalue weighted by molar-refractivity contribution is -0.142. The molecule has 0 bridgehead atoms. The quantitative estimate of drug-likeness (QED) is 0.167. The van der Waals surface area contributed by atoms with Gasteiger partial charge in [-0.05, 0) is 84.4 Å². The molecule has 9 rings (SSSR count). The summed E-state index contributed by atoms with van der Waals surface area (Å²) in [6.07, 6.45) is -10.4. The number of alkyl halides is 6. The van der Waals surface area contributed by atoms with E-state index in [0.717, 1.165) is 11.5 Å². The molecule has 0 amide bonds. The number of rotatable bonds is 4. The second kappa shape index (κ2) is 13.2. The second-order valence-electron chi connectivity index (χ2n) is 13.6. The van der Waals surface area contributed by atoms with E-state index in [1.54, 1.807) is 83.4 Å². The third-order valence-corrected chi connectivity index (χ3v) is 10.5. The van der Waals surface area contributed by atoms with Crippen molar-refractivity contribution in [1.29, 1.82) is 15.8 Å². The van der Waals surface area contributed by atoms with Crippen LogP contribution in [0.4, 0.5) is 26.3 Å². The normalized spacial score (nSPS) is 11.9. The highest BCUT2D eigenvalue weighted by atomic mass is 19.4. The number of para-hydroxylation sites is 2. The largest absolute Gasteiger partial charge is 0.417 e. The molecule has 0 aliphatic heterocycles. The zero-order valence-corrected chi connectivity index (χ0v) is 29.8. The van der Waals surface area contributed by atoms with E-state index in [9.17, 15) is 15.8 Å². The molecule has 9 aromatic rings. The number of nitriles is 3. The van der Waals surface area contributed by atoms with Crippen LogP contribution in [0.5, 0.6) is 0 Å². The minimum atomic E-state index is -5.22. The molecule has 11 heteroatoms. The van der Waals surface area contributed by atoms with Gasteiger partial charge in [-0.2, -0.15) is 42.1 Å². The first-order valence-corrected chi connectivity index (χ1v) is 17.8. The van der Waals surface area contributed by atoms with Crippen LogP contribution in [-0.4, -0.2) is 9.13 Å². The van der Waals surface area contributed by atoms with Gasteiger partial charge in [-0.3, -0.25) is 0 Å². The van der Waals surface area contributed by atoms with Crippen molar-refractivity contribution in [3.63, 3.8) is 0 Å². The van der Waals surface area contributed by atoms with Crippen molar-refractivity contribution in [3.8, 4) is 51.8 Å². The zero-order chi connectivity index (χ0) is 40.5. The lowest BCUT2D eigenvalue weighted by atomic mass is 9.85. The maximum atomic E-state index is 15.1. The van der Waals surface area contributed by atoms with Gasteiger partial charge in [0.2, 0.25) is 0 Å². The summed E-state index contributed by atoms with van der Waals surface area (Å²) in [5.41, 5.74) is -1.00. The van der Waals surface area contributed by atoms with Crippen LogP contribution in [-0.2, 0) is 12.4 Å². The predicted octanol–water partition coefficient (Wildman–Crippen LogP) is 12.9. The van der Waals surface area contributed by atoms with Crippen LogP contribution < -0.4 is 0 Å². The van der Waals surface area contributed by atoms with Crippen LogP contribution in [0.2, 0.25) is 0 Å². The molecule has 278 valence electrons. The number of hydrogen-bond acceptors (Lipinski definition) is 3. The van der Waals surface area contributed by atoms with Gasteiger partial charge >= 0.3 is 12.4 Å². The topological polar surface area (TPSA) is 81.2 Å². The maximum Gasteiger partial charge on any atom is 0.417 e. The molecule has 0 saturated carbocycles. The second-order valence-corrected chi connectivity index (χ2v) is 13.6. The van der Waals surface area contributed by atoms with E-state index in [4.69, 9.17) is 0 Å². The molecule has 0 atom stereocenters. The summed E-state index contributed by atoms with van der Waals surface area (Å²) >= 11 is 0. The smallest absolute Gasteiger partial charge is 0.309 e. The molecule has 5 nitrogen and oxygen atoms in total. The van der Waals surface area contributed by atoms with Gasteiger partial charge in [-0.25, -0.2) is 0 Å². The zero-order valence-electron chi connectivity index (χ0n) is 29.8. The molecule has 0 aliphatic carbocycles. The summed E-state index contributed by atoms with van der Waals surface area (Å²) < 4.78 is 94.0. The van der Waals surface area contributed by atoms with Crippen LogP contribution in [0.25, 0.3) is 77.2 Å². The summed E-state index contributed by atoms with van der Waals surface area (Å²) in [7, 11) is 0. The van der Waals surface area contributed by atoms with Crippen LogP contribution >= 0.6 is 0 Å². The third kappa shape index (κ3) is 5.46. The van der Waals surface area contributed by atoms with Crippen LogP contribution in [0.3, 0.4) is 0 Å². The lowest BCUT2D eigenvalue weighted by Gasteiger charge is -2.25. The molecule has 0 fully saturated rings. The minimum absolute atomic E-state index is 0.0173. The van der Waals surface area contributed by atoms with Crippen LogP contribution in [0.15, 0.2) is 140 Å². The van der Waals surface area contributed by atoms with Gasteiger partial charge in [-0.15, -0.1) is 0 Å². The van der Waals surface area contributed by atoms with Gasteiger partial charge < -0.3 is 9.13 Å². The fraction of sp³-hybridized carbons (Fsp3) is 0.0426. The lowest BCUT2D eigenvalue weighted by Crippen LogP contribution is -2.15. The highest BCUT2D eigenvalue weighted by Crippen LogP contribution is 2.51. The molecule has 2 aromatic heterocycles. The number of halogens is 6. The van der Waals surface area contributed by atoms with Crippen molar-refractivity contribution in [2.45, 2.75) is 12.4 Å². The molecule has 0 aliphatic rings. The number of nitrogens with zero attached hydrogens (tertiary/aromatic N) is 5. The van der Waals surface area contributed by atoms with E-state index < -0.39 is 34.6 Å². The van der Waals surface area contributed by atoms with Gasteiger partial charge in [0, 0.05) is 38.2 Å². The van der Waals surface area contributed by atoms with E-state index in [1.165, 1.54) is 18.2 Å². The van der Waals surface area contributed by atoms with Gasteiger partial charge in [0.15, 0.2) is 0 Å². The summed E-state index contributed by atoms with van der Waals surface area (Å²) in [4.78, 5) is 0. The summed E-state index contributed by atoms with van der Waals surface area (Å²) in [5, 5.41) is 33.2. The third-order valence-electron chi connectivity index (χ3n) is 10.5. The fourth-order valence-corrected chi connectivity index (χ4v) is 8.20. The first kappa shape index (κ1) is 35.9. The Morgan fingerprint density at radius 2 is 0.845 bits per heavy atom. The highest BCUT2D eigenvalue weighted by molar-refractivity contribution is 6.13. The molecule has 0 N–H and O–H groups in total. The van der Waals surface area contributed by atoms with Gasteiger partial charge in [0.05, 0.1) is 79.5 Å². The van der Waals surface area contributed by atoms with Gasteiger partial charge in [0.25, 0.3) is 0 Å². The van der Waals surface area contributed by atoms with E-state index in [0.29, 0.717) is 67.2 Å². The van der Waals surface area contributed by atoms with Crippen molar-refractivity contribution in [2.75, 3.05) is 0 Å². The Hall–Kier alpha value is -7.81. The molecule has 0 spiro atoms. The Kier molecular flexibility index (Phi) is 8.13. The van der Waals surface area contributed by atoms with Crippen molar-refractivity contribution in [2.24, 2.45) is 0 Å². The first-order valence-electron chi connectivity index (χ1n) is 17.8. The Bertz CT molecular complexity index is 3280. The molecular formula is C47H23F6N5. The summed E-state index contributed by atoms with van der Waals surface area (Å²) in [6, 6.07) is 41.9. The highest BCUT2D eigenvalue weighted by Gasteiger charge is 2.42. The van der Waals surface area contributed by atoms with Crippen LogP contribution in [0.1, 0.15) is 27.8 Å². The Balaban J connectivity index is 1.53. The fourth-order valence-electron chi connectivity index (χ4n) is 8.20. The van der Waals surface area contributed by atoms with Crippen LogP contribution in [0, 0.1) is 34.0 Å². The molecule has 0 saturated heterocycles. The Morgan fingerprint density at radius 1 is 0.397 bits per heavy atom. The molecule has 2 heterocycles. The standard InChI is InChI=1S/C47H23F6N5/c48-46(49,50)35-12-7-13-36(47(51,52)53)44(35)32-11-6-17-42(58-38-15-4-2-10-31(38)34-23-28(25-55)19-21-40(34)58)45(32)43-29(26-56)8-5-16-41(43)57-37-14-3-1-9-30(37)33-22-27(24-54)18-20-39(33)57/h1-23H. The predicted molar refractivity (Wildman–Crippen MR) is 210 cm³/mol. The average molecular weight is 772 g/mol. The van der Waals surface area contributed by atoms with Gasteiger partial charge in [0.1, 0.15) is 0 Å². The van der Waals surface area contributed by atoms with E-state index in [1.807, 2.05) is 28.8 Å². The monoisotopic (exact) mass is 771 g/mol. The molecule has 0 radical (unpaired) electrons. The Morgan fingerprint density at radius 3 is 1.33 bits per heavy atom. The number of aromatic nitrogens is 2. The number of benzene rings is 7. The van der Waals surface area contributed by atoms with Gasteiger partial charge in [-0.1, -0.05) is 60.7 Å². The Labute approximate surface area is 325 Å². The van der Waals surface area contributed by atoms with E-state index in [-0.39, 0.29) is 22.4 Å². The van der Waals surface area contributed by atoms with Crippen molar-refractivity contribution >= 4 is 43.6 Å². The minimum Gasteiger partial charge on any atom is -0.309 e. The number of fused-ring (bicyclic) bond motifs is 6. The molecule has 58 heavy (non-hydrogen) atoms. The SMILES string of the molecule is N#Cc1ccc2c(c1)c1ccccc1n2-c1cccc(C#N)c1-c1c(-c2c(C(F)(F)F)cccc2C(F)(F)F)cccc1-n1c2ccccc2c2cc(C#N)ccc21. The average Bonchev–Trinajstić information content (AvgIpc) is 3.74. The van der Waals surface area contributed by atoms with Crippen molar-refractivity contribution < 1.29 is 26.3 Å². The first-order chi connectivity index (χ1) is 27.9. The molecular weight excluding hydrogens is 749 g/mol. The molecule has 7 aromatic carbocycles. The number of hydrogen-bond donors (Lipinski definition) is 0.